The Morgan fingerprint density at radius 1 is 1.29 bits per heavy atom. The van der Waals surface area contributed by atoms with Crippen LogP contribution in [0.4, 0.5) is 0 Å². The monoisotopic (exact) mass is 296 g/mol. The smallest absolute Gasteiger partial charge is 0.341 e. The van der Waals surface area contributed by atoms with E-state index in [1.54, 1.807) is 13.2 Å². The Hall–Kier alpha value is -1.42. The van der Waals surface area contributed by atoms with Crippen molar-refractivity contribution in [2.75, 3.05) is 20.3 Å². The predicted octanol–water partition coefficient (Wildman–Crippen LogP) is 3.46. The van der Waals surface area contributed by atoms with Gasteiger partial charge in [0, 0.05) is 13.7 Å². The summed E-state index contributed by atoms with van der Waals surface area (Å²) >= 11 is 0. The molecule has 0 aromatic heterocycles. The minimum Gasteiger partial charge on any atom is -0.462 e. The van der Waals surface area contributed by atoms with Gasteiger partial charge in [0.1, 0.15) is 5.57 Å². The number of ketones is 1. The first kappa shape index (κ1) is 19.6. The normalized spacial score (nSPS) is 12.8. The van der Waals surface area contributed by atoms with E-state index in [0.29, 0.717) is 25.6 Å². The second kappa shape index (κ2) is 12.3. The van der Waals surface area contributed by atoms with Crippen LogP contribution in [0.25, 0.3) is 0 Å². The standard InChI is InChI=1S/C17H28O4/c1-5-8-10-14(6-2)13-21-17(19)15(16(18)7-3)11-9-12-20-4/h7,11,14H,3,5-6,8-10,12-13H2,1-2,4H3. The molecule has 0 aliphatic carbocycles. The van der Waals surface area contributed by atoms with Gasteiger partial charge in [-0.05, 0) is 24.8 Å². The second-order valence-electron chi connectivity index (χ2n) is 4.98. The number of carbonyl (C=O) groups is 2. The van der Waals surface area contributed by atoms with Crippen LogP contribution >= 0.6 is 0 Å². The van der Waals surface area contributed by atoms with Crippen molar-refractivity contribution in [3.8, 4) is 0 Å². The van der Waals surface area contributed by atoms with Crippen molar-refractivity contribution in [1.82, 2.24) is 0 Å². The van der Waals surface area contributed by atoms with Gasteiger partial charge in [-0.25, -0.2) is 4.79 Å². The van der Waals surface area contributed by atoms with Crippen LogP contribution in [-0.4, -0.2) is 32.1 Å². The summed E-state index contributed by atoms with van der Waals surface area (Å²) < 4.78 is 10.2. The molecule has 120 valence electrons. The number of hydrogen-bond acceptors (Lipinski definition) is 4. The number of esters is 1. The Morgan fingerprint density at radius 2 is 2.00 bits per heavy atom. The van der Waals surface area contributed by atoms with E-state index in [-0.39, 0.29) is 5.57 Å². The lowest BCUT2D eigenvalue weighted by Gasteiger charge is -2.15. The van der Waals surface area contributed by atoms with Gasteiger partial charge in [-0.3, -0.25) is 4.79 Å². The zero-order valence-electron chi connectivity index (χ0n) is 13.5. The van der Waals surface area contributed by atoms with E-state index in [1.165, 1.54) is 0 Å². The quantitative estimate of drug-likeness (QED) is 0.182. The molecule has 0 heterocycles. The SMILES string of the molecule is C=CC(=O)C(=CCCOC)C(=O)OCC(CC)CCCC. The van der Waals surface area contributed by atoms with Crippen LogP contribution in [0.3, 0.4) is 0 Å². The summed E-state index contributed by atoms with van der Waals surface area (Å²) in [5.74, 6) is -0.614. The van der Waals surface area contributed by atoms with Gasteiger partial charge in [0.25, 0.3) is 0 Å². The fourth-order valence-electron chi connectivity index (χ4n) is 1.88. The van der Waals surface area contributed by atoms with Crippen molar-refractivity contribution in [1.29, 1.82) is 0 Å². The zero-order chi connectivity index (χ0) is 16.1. The highest BCUT2D eigenvalue weighted by molar-refractivity contribution is 6.21. The first-order valence-electron chi connectivity index (χ1n) is 7.63. The topological polar surface area (TPSA) is 52.6 Å². The van der Waals surface area contributed by atoms with E-state index < -0.39 is 11.8 Å². The first-order chi connectivity index (χ1) is 10.1. The number of hydrogen-bond donors (Lipinski definition) is 0. The minimum atomic E-state index is -0.564. The molecule has 0 spiro atoms. The summed E-state index contributed by atoms with van der Waals surface area (Å²) in [6.07, 6.45) is 7.44. The van der Waals surface area contributed by atoms with E-state index in [4.69, 9.17) is 9.47 Å². The van der Waals surface area contributed by atoms with Gasteiger partial charge < -0.3 is 9.47 Å². The largest absolute Gasteiger partial charge is 0.462 e. The number of allylic oxidation sites excluding steroid dienone is 1. The molecule has 1 unspecified atom stereocenters. The van der Waals surface area contributed by atoms with E-state index in [0.717, 1.165) is 31.8 Å². The van der Waals surface area contributed by atoms with E-state index in [1.807, 2.05) is 0 Å². The van der Waals surface area contributed by atoms with E-state index in [2.05, 4.69) is 20.4 Å². The van der Waals surface area contributed by atoms with Gasteiger partial charge in [0.2, 0.25) is 0 Å². The summed E-state index contributed by atoms with van der Waals surface area (Å²) in [7, 11) is 1.57. The Bertz CT molecular complexity index is 358. The molecule has 0 aromatic rings. The van der Waals surface area contributed by atoms with Gasteiger partial charge in [-0.2, -0.15) is 0 Å². The van der Waals surface area contributed by atoms with Crippen molar-refractivity contribution in [3.05, 3.63) is 24.3 Å². The number of unbranched alkanes of at least 4 members (excludes halogenated alkanes) is 1. The number of rotatable bonds is 12. The van der Waals surface area contributed by atoms with Crippen molar-refractivity contribution in [2.24, 2.45) is 5.92 Å². The average Bonchev–Trinajstić information content (AvgIpc) is 2.50. The maximum Gasteiger partial charge on any atom is 0.341 e. The Balaban J connectivity index is 4.55. The van der Waals surface area contributed by atoms with Crippen molar-refractivity contribution < 1.29 is 19.1 Å². The third kappa shape index (κ3) is 8.45. The molecule has 0 rings (SSSR count). The molecule has 0 N–H and O–H groups in total. The van der Waals surface area contributed by atoms with Gasteiger partial charge in [0.15, 0.2) is 5.78 Å². The molecule has 1 atom stereocenters. The fraction of sp³-hybridized carbons (Fsp3) is 0.647. The Kier molecular flexibility index (Phi) is 11.5. The van der Waals surface area contributed by atoms with Gasteiger partial charge in [0.05, 0.1) is 6.61 Å². The highest BCUT2D eigenvalue weighted by Crippen LogP contribution is 2.14. The zero-order valence-corrected chi connectivity index (χ0v) is 13.5. The number of methoxy groups -OCH3 is 1. The first-order valence-corrected chi connectivity index (χ1v) is 7.63. The highest BCUT2D eigenvalue weighted by atomic mass is 16.5. The molecule has 0 bridgehead atoms. The molecule has 4 heteroatoms. The molecule has 0 saturated carbocycles. The van der Waals surface area contributed by atoms with Crippen LogP contribution in [0.2, 0.25) is 0 Å². The molecule has 4 nitrogen and oxygen atoms in total. The molecule has 0 aliphatic heterocycles. The molecule has 21 heavy (non-hydrogen) atoms. The van der Waals surface area contributed by atoms with Crippen LogP contribution in [0, 0.1) is 5.92 Å². The maximum absolute atomic E-state index is 12.0. The summed E-state index contributed by atoms with van der Waals surface area (Å²) in [6.45, 7) is 8.45. The number of ether oxygens (including phenoxy) is 2. The van der Waals surface area contributed by atoms with Crippen molar-refractivity contribution in [3.63, 3.8) is 0 Å². The molecule has 0 aromatic carbocycles. The predicted molar refractivity (Wildman–Crippen MR) is 84.0 cm³/mol. The van der Waals surface area contributed by atoms with Crippen LogP contribution < -0.4 is 0 Å². The Labute approximate surface area is 128 Å². The lowest BCUT2D eigenvalue weighted by atomic mass is 10.0. The van der Waals surface area contributed by atoms with Gasteiger partial charge >= 0.3 is 5.97 Å². The minimum absolute atomic E-state index is 0.0485. The van der Waals surface area contributed by atoms with Crippen LogP contribution in [-0.2, 0) is 19.1 Å². The lowest BCUT2D eigenvalue weighted by molar-refractivity contribution is -0.141. The fourth-order valence-corrected chi connectivity index (χ4v) is 1.88. The Morgan fingerprint density at radius 3 is 2.52 bits per heavy atom. The summed E-state index contributed by atoms with van der Waals surface area (Å²) in [6, 6.07) is 0. The van der Waals surface area contributed by atoms with Gasteiger partial charge in [-0.1, -0.05) is 45.8 Å². The van der Waals surface area contributed by atoms with Crippen LogP contribution in [0.15, 0.2) is 24.3 Å². The van der Waals surface area contributed by atoms with Crippen molar-refractivity contribution in [2.45, 2.75) is 46.0 Å². The molecule has 0 amide bonds. The third-order valence-electron chi connectivity index (χ3n) is 3.33. The number of carbonyl (C=O) groups excluding carboxylic acids is 2. The lowest BCUT2D eigenvalue weighted by Crippen LogP contribution is -2.19. The van der Waals surface area contributed by atoms with Crippen LogP contribution in [0.1, 0.15) is 46.0 Å². The third-order valence-corrected chi connectivity index (χ3v) is 3.33. The molecular formula is C17H28O4. The molecule has 0 fully saturated rings. The van der Waals surface area contributed by atoms with E-state index >= 15 is 0 Å². The average molecular weight is 296 g/mol. The molecule has 0 aliphatic rings. The molecular weight excluding hydrogens is 268 g/mol. The molecule has 0 radical (unpaired) electrons. The molecule has 0 saturated heterocycles. The van der Waals surface area contributed by atoms with Gasteiger partial charge in [-0.15, -0.1) is 0 Å². The second-order valence-corrected chi connectivity index (χ2v) is 4.98. The van der Waals surface area contributed by atoms with E-state index in [9.17, 15) is 9.59 Å². The maximum atomic E-state index is 12.0. The van der Waals surface area contributed by atoms with Crippen LogP contribution in [0.5, 0.6) is 0 Å². The summed E-state index contributed by atoms with van der Waals surface area (Å²) in [4.78, 5) is 23.7. The summed E-state index contributed by atoms with van der Waals surface area (Å²) in [5.41, 5.74) is 0.0485. The summed E-state index contributed by atoms with van der Waals surface area (Å²) in [5, 5.41) is 0. The highest BCUT2D eigenvalue weighted by Gasteiger charge is 2.18. The van der Waals surface area contributed by atoms with Crippen molar-refractivity contribution >= 4 is 11.8 Å².